The predicted octanol–water partition coefficient (Wildman–Crippen LogP) is 3.49. The zero-order chi connectivity index (χ0) is 14.6. The molecule has 0 fully saturated rings. The van der Waals surface area contributed by atoms with E-state index < -0.39 is 11.7 Å². The van der Waals surface area contributed by atoms with Crippen LogP contribution in [0.3, 0.4) is 0 Å². The number of aromatic nitrogens is 1. The maximum Gasteiger partial charge on any atom is 0.416 e. The molecule has 0 unspecified atom stereocenters. The van der Waals surface area contributed by atoms with Crippen LogP contribution in [0.1, 0.15) is 21.6 Å². The van der Waals surface area contributed by atoms with Gasteiger partial charge in [0.25, 0.3) is 0 Å². The molecular formula is C14H10F3NO2. The second-order valence-corrected chi connectivity index (χ2v) is 4.02. The van der Waals surface area contributed by atoms with Gasteiger partial charge in [-0.25, -0.2) is 4.98 Å². The highest BCUT2D eigenvalue weighted by Gasteiger charge is 2.30. The number of rotatable bonds is 4. The Kier molecular flexibility index (Phi) is 4.02. The van der Waals surface area contributed by atoms with E-state index in [9.17, 15) is 18.0 Å². The topological polar surface area (TPSA) is 39.2 Å². The normalized spacial score (nSPS) is 11.2. The van der Waals surface area contributed by atoms with E-state index >= 15 is 0 Å². The van der Waals surface area contributed by atoms with Gasteiger partial charge in [-0.1, -0.05) is 12.1 Å². The van der Waals surface area contributed by atoms with Crippen LogP contribution in [0.25, 0.3) is 0 Å². The fourth-order valence-corrected chi connectivity index (χ4v) is 1.55. The van der Waals surface area contributed by atoms with Gasteiger partial charge in [-0.05, 0) is 29.8 Å². The summed E-state index contributed by atoms with van der Waals surface area (Å²) in [5.41, 5.74) is -0.0521. The molecule has 0 aliphatic rings. The molecule has 0 aliphatic carbocycles. The average Bonchev–Trinajstić information content (AvgIpc) is 2.45. The standard InChI is InChI=1S/C14H10F3NO2/c15-14(16,17)11-3-1-2-10(6-11)9-20-13-5-4-12(8-19)18-7-13/h1-8H,9H2. The molecule has 0 bridgehead atoms. The maximum atomic E-state index is 12.5. The molecule has 0 spiro atoms. The molecule has 6 heteroatoms. The van der Waals surface area contributed by atoms with E-state index in [1.807, 2.05) is 0 Å². The van der Waals surface area contributed by atoms with Crippen molar-refractivity contribution < 1.29 is 22.7 Å². The number of ether oxygens (including phenoxy) is 1. The molecule has 104 valence electrons. The van der Waals surface area contributed by atoms with Gasteiger partial charge in [-0.3, -0.25) is 4.79 Å². The second-order valence-electron chi connectivity index (χ2n) is 4.02. The van der Waals surface area contributed by atoms with E-state index in [0.717, 1.165) is 12.1 Å². The molecule has 0 aliphatic heterocycles. The predicted molar refractivity (Wildman–Crippen MR) is 65.4 cm³/mol. The monoisotopic (exact) mass is 281 g/mol. The van der Waals surface area contributed by atoms with Gasteiger partial charge in [0, 0.05) is 0 Å². The summed E-state index contributed by atoms with van der Waals surface area (Å²) in [6.45, 7) is -0.00790. The number of aldehydes is 1. The SMILES string of the molecule is O=Cc1ccc(OCc2cccc(C(F)(F)F)c2)cn1. The summed E-state index contributed by atoms with van der Waals surface area (Å²) in [6.07, 6.45) is -2.43. The van der Waals surface area contributed by atoms with Gasteiger partial charge in [0.2, 0.25) is 0 Å². The highest BCUT2D eigenvalue weighted by Crippen LogP contribution is 2.29. The molecule has 0 N–H and O–H groups in total. The molecule has 1 aromatic heterocycles. The maximum absolute atomic E-state index is 12.5. The van der Waals surface area contributed by atoms with E-state index in [1.54, 1.807) is 6.07 Å². The molecule has 0 saturated heterocycles. The molecule has 2 rings (SSSR count). The van der Waals surface area contributed by atoms with Gasteiger partial charge < -0.3 is 4.74 Å². The molecular weight excluding hydrogens is 271 g/mol. The lowest BCUT2D eigenvalue weighted by molar-refractivity contribution is -0.137. The van der Waals surface area contributed by atoms with Crippen molar-refractivity contribution >= 4 is 6.29 Å². The Labute approximate surface area is 113 Å². The molecule has 0 amide bonds. The van der Waals surface area contributed by atoms with Crippen LogP contribution in [0.5, 0.6) is 5.75 Å². The van der Waals surface area contributed by atoms with E-state index in [1.165, 1.54) is 24.4 Å². The Morgan fingerprint density at radius 3 is 2.60 bits per heavy atom. The number of nitrogens with zero attached hydrogens (tertiary/aromatic N) is 1. The van der Waals surface area contributed by atoms with Crippen molar-refractivity contribution in [3.63, 3.8) is 0 Å². The van der Waals surface area contributed by atoms with Crippen molar-refractivity contribution in [3.05, 3.63) is 59.4 Å². The highest BCUT2D eigenvalue weighted by molar-refractivity contribution is 5.71. The van der Waals surface area contributed by atoms with Crippen LogP contribution in [0.2, 0.25) is 0 Å². The Morgan fingerprint density at radius 1 is 1.20 bits per heavy atom. The van der Waals surface area contributed by atoms with Crippen LogP contribution in [0, 0.1) is 0 Å². The third-order valence-electron chi connectivity index (χ3n) is 2.54. The Morgan fingerprint density at radius 2 is 2.00 bits per heavy atom. The summed E-state index contributed by atoms with van der Waals surface area (Å²) >= 11 is 0. The molecule has 0 saturated carbocycles. The minimum atomic E-state index is -4.37. The number of alkyl halides is 3. The first-order valence-corrected chi connectivity index (χ1v) is 5.69. The van der Waals surface area contributed by atoms with Crippen LogP contribution in [-0.4, -0.2) is 11.3 Å². The summed E-state index contributed by atoms with van der Waals surface area (Å²) in [4.78, 5) is 14.2. The highest BCUT2D eigenvalue weighted by atomic mass is 19.4. The van der Waals surface area contributed by atoms with Gasteiger partial charge in [-0.15, -0.1) is 0 Å². The van der Waals surface area contributed by atoms with E-state index in [-0.39, 0.29) is 12.3 Å². The van der Waals surface area contributed by atoms with Crippen molar-refractivity contribution in [1.29, 1.82) is 0 Å². The molecule has 2 aromatic rings. The van der Waals surface area contributed by atoms with Gasteiger partial charge in [0.1, 0.15) is 18.1 Å². The number of hydrogen-bond acceptors (Lipinski definition) is 3. The fourth-order valence-electron chi connectivity index (χ4n) is 1.55. The summed E-state index contributed by atoms with van der Waals surface area (Å²) in [5, 5.41) is 0. The first kappa shape index (κ1) is 14.0. The second kappa shape index (κ2) is 5.73. The van der Waals surface area contributed by atoms with Crippen LogP contribution < -0.4 is 4.74 Å². The third kappa shape index (κ3) is 3.57. The van der Waals surface area contributed by atoms with Crippen molar-refractivity contribution in [2.24, 2.45) is 0 Å². The Hall–Kier alpha value is -2.37. The molecule has 0 atom stereocenters. The molecule has 1 heterocycles. The van der Waals surface area contributed by atoms with Crippen molar-refractivity contribution in [3.8, 4) is 5.75 Å². The first-order valence-electron chi connectivity index (χ1n) is 5.69. The van der Waals surface area contributed by atoms with Crippen LogP contribution in [-0.2, 0) is 12.8 Å². The largest absolute Gasteiger partial charge is 0.487 e. The summed E-state index contributed by atoms with van der Waals surface area (Å²) in [6, 6.07) is 7.91. The first-order chi connectivity index (χ1) is 9.49. The zero-order valence-corrected chi connectivity index (χ0v) is 10.2. The molecule has 20 heavy (non-hydrogen) atoms. The van der Waals surface area contributed by atoms with Crippen molar-refractivity contribution in [2.45, 2.75) is 12.8 Å². The average molecular weight is 281 g/mol. The van der Waals surface area contributed by atoms with Crippen molar-refractivity contribution in [2.75, 3.05) is 0 Å². The summed E-state index contributed by atoms with van der Waals surface area (Å²) in [7, 11) is 0. The van der Waals surface area contributed by atoms with Gasteiger partial charge >= 0.3 is 6.18 Å². The number of benzene rings is 1. The minimum absolute atomic E-state index is 0.00790. The Bertz CT molecular complexity index is 594. The third-order valence-corrected chi connectivity index (χ3v) is 2.54. The van der Waals surface area contributed by atoms with Crippen LogP contribution in [0.4, 0.5) is 13.2 Å². The number of hydrogen-bond donors (Lipinski definition) is 0. The zero-order valence-electron chi connectivity index (χ0n) is 10.2. The lowest BCUT2D eigenvalue weighted by atomic mass is 10.1. The number of carbonyl (C=O) groups excluding carboxylic acids is 1. The lowest BCUT2D eigenvalue weighted by Crippen LogP contribution is -2.06. The Balaban J connectivity index is 2.05. The molecule has 0 radical (unpaired) electrons. The minimum Gasteiger partial charge on any atom is -0.487 e. The van der Waals surface area contributed by atoms with E-state index in [0.29, 0.717) is 17.6 Å². The summed E-state index contributed by atoms with van der Waals surface area (Å²) < 4.78 is 42.9. The van der Waals surface area contributed by atoms with Crippen LogP contribution >= 0.6 is 0 Å². The van der Waals surface area contributed by atoms with Crippen LogP contribution in [0.15, 0.2) is 42.6 Å². The quantitative estimate of drug-likeness (QED) is 0.805. The number of carbonyl (C=O) groups is 1. The van der Waals surface area contributed by atoms with Gasteiger partial charge in [0.05, 0.1) is 11.8 Å². The number of halogens is 3. The number of pyridine rings is 1. The van der Waals surface area contributed by atoms with E-state index in [2.05, 4.69) is 4.98 Å². The summed E-state index contributed by atoms with van der Waals surface area (Å²) in [5.74, 6) is 0.382. The van der Waals surface area contributed by atoms with Gasteiger partial charge in [-0.2, -0.15) is 13.2 Å². The van der Waals surface area contributed by atoms with E-state index in [4.69, 9.17) is 4.74 Å². The van der Waals surface area contributed by atoms with Gasteiger partial charge in [0.15, 0.2) is 6.29 Å². The molecule has 1 aromatic carbocycles. The smallest absolute Gasteiger partial charge is 0.416 e. The van der Waals surface area contributed by atoms with Crippen molar-refractivity contribution in [1.82, 2.24) is 4.98 Å². The fraction of sp³-hybridized carbons (Fsp3) is 0.143. The molecule has 3 nitrogen and oxygen atoms in total. The lowest BCUT2D eigenvalue weighted by Gasteiger charge is -2.09.